The first-order chi connectivity index (χ1) is 15.0. The molecule has 0 aliphatic carbocycles. The molecule has 1 heterocycles. The maximum absolute atomic E-state index is 13.0. The number of nitrogens with one attached hydrogen (secondary N) is 2. The van der Waals surface area contributed by atoms with Crippen molar-refractivity contribution in [3.05, 3.63) is 66.2 Å². The zero-order valence-electron chi connectivity index (χ0n) is 17.3. The fourth-order valence-corrected chi connectivity index (χ4v) is 3.27. The molecule has 158 valence electrons. The summed E-state index contributed by atoms with van der Waals surface area (Å²) in [5.74, 6) is 1.87. The number of hydrogen-bond acceptors (Lipinski definition) is 5. The Hall–Kier alpha value is -4.20. The van der Waals surface area contributed by atoms with Crippen molar-refractivity contribution < 1.29 is 23.8 Å². The maximum Gasteiger partial charge on any atom is 0.323 e. The highest BCUT2D eigenvalue weighted by atomic mass is 16.5. The molecular formula is C23H21N3O5. The van der Waals surface area contributed by atoms with Crippen LogP contribution >= 0.6 is 0 Å². The van der Waals surface area contributed by atoms with E-state index < -0.39 is 6.03 Å². The number of para-hydroxylation sites is 2. The largest absolute Gasteiger partial charge is 0.497 e. The average molecular weight is 419 g/mol. The maximum atomic E-state index is 13.0. The van der Waals surface area contributed by atoms with Gasteiger partial charge in [0.1, 0.15) is 17.2 Å². The molecule has 0 saturated heterocycles. The Bertz CT molecular complexity index is 1140. The molecule has 0 atom stereocenters. The molecule has 0 aromatic heterocycles. The summed E-state index contributed by atoms with van der Waals surface area (Å²) in [6.07, 6.45) is 0. The minimum Gasteiger partial charge on any atom is -0.497 e. The quantitative estimate of drug-likeness (QED) is 0.638. The van der Waals surface area contributed by atoms with Gasteiger partial charge in [-0.25, -0.2) is 4.79 Å². The van der Waals surface area contributed by atoms with Gasteiger partial charge in [0.25, 0.3) is 5.91 Å². The van der Waals surface area contributed by atoms with Gasteiger partial charge in [-0.3, -0.25) is 4.79 Å². The molecule has 1 aliphatic heterocycles. The van der Waals surface area contributed by atoms with Gasteiger partial charge in [-0.2, -0.15) is 0 Å². The SMILES string of the molecule is COc1cc(NC(=O)Nc2ccc3c(c2)C(=O)N(C)c2ccccc2O3)cc(OC)c1. The Morgan fingerprint density at radius 2 is 1.55 bits per heavy atom. The molecule has 0 radical (unpaired) electrons. The van der Waals surface area contributed by atoms with Crippen LogP contribution in [0.4, 0.5) is 21.9 Å². The zero-order chi connectivity index (χ0) is 22.0. The van der Waals surface area contributed by atoms with Crippen LogP contribution in [0.5, 0.6) is 23.0 Å². The molecule has 0 saturated carbocycles. The van der Waals surface area contributed by atoms with Crippen molar-refractivity contribution in [2.45, 2.75) is 0 Å². The summed E-state index contributed by atoms with van der Waals surface area (Å²) in [6, 6.07) is 16.8. The lowest BCUT2D eigenvalue weighted by atomic mass is 10.1. The monoisotopic (exact) mass is 419 g/mol. The standard InChI is InChI=1S/C23H21N3O5/c1-26-19-6-4-5-7-21(19)31-20-9-8-14(12-18(20)22(26)27)24-23(28)25-15-10-16(29-2)13-17(11-15)30-3/h4-13H,1-3H3,(H2,24,25,28). The van der Waals surface area contributed by atoms with Gasteiger partial charge in [-0.15, -0.1) is 0 Å². The van der Waals surface area contributed by atoms with E-state index in [1.807, 2.05) is 18.2 Å². The molecule has 8 heteroatoms. The highest BCUT2D eigenvalue weighted by molar-refractivity contribution is 6.10. The first-order valence-electron chi connectivity index (χ1n) is 9.48. The third-order valence-electron chi connectivity index (χ3n) is 4.83. The number of nitrogens with zero attached hydrogens (tertiary/aromatic N) is 1. The van der Waals surface area contributed by atoms with Crippen molar-refractivity contribution in [3.63, 3.8) is 0 Å². The molecule has 3 aromatic rings. The average Bonchev–Trinajstić information content (AvgIpc) is 2.88. The Balaban J connectivity index is 1.55. The summed E-state index contributed by atoms with van der Waals surface area (Å²) in [5.41, 5.74) is 1.96. The van der Waals surface area contributed by atoms with E-state index in [9.17, 15) is 9.59 Å². The van der Waals surface area contributed by atoms with E-state index in [0.717, 1.165) is 0 Å². The van der Waals surface area contributed by atoms with E-state index in [-0.39, 0.29) is 5.91 Å². The smallest absolute Gasteiger partial charge is 0.323 e. The Kier molecular flexibility index (Phi) is 5.36. The van der Waals surface area contributed by atoms with Crippen LogP contribution in [0.2, 0.25) is 0 Å². The van der Waals surface area contributed by atoms with Crippen molar-refractivity contribution in [1.82, 2.24) is 0 Å². The van der Waals surface area contributed by atoms with E-state index in [1.54, 1.807) is 49.5 Å². The van der Waals surface area contributed by atoms with E-state index >= 15 is 0 Å². The number of fused-ring (bicyclic) bond motifs is 2. The second-order valence-corrected chi connectivity index (χ2v) is 6.83. The van der Waals surface area contributed by atoms with Gasteiger partial charge in [-0.05, 0) is 30.3 Å². The molecule has 3 aromatic carbocycles. The fraction of sp³-hybridized carbons (Fsp3) is 0.130. The van der Waals surface area contributed by atoms with Gasteiger partial charge >= 0.3 is 6.03 Å². The van der Waals surface area contributed by atoms with Crippen molar-refractivity contribution in [3.8, 4) is 23.0 Å². The molecule has 4 rings (SSSR count). The van der Waals surface area contributed by atoms with Crippen LogP contribution < -0.4 is 29.7 Å². The summed E-state index contributed by atoms with van der Waals surface area (Å²) in [4.78, 5) is 27.0. The van der Waals surface area contributed by atoms with Crippen molar-refractivity contribution in [2.75, 3.05) is 36.8 Å². The second kappa shape index (κ2) is 8.27. The van der Waals surface area contributed by atoms with Gasteiger partial charge in [0.15, 0.2) is 5.75 Å². The number of ether oxygens (including phenoxy) is 3. The summed E-state index contributed by atoms with van der Waals surface area (Å²) < 4.78 is 16.4. The highest BCUT2D eigenvalue weighted by Crippen LogP contribution is 2.38. The van der Waals surface area contributed by atoms with Crippen molar-refractivity contribution >= 4 is 29.0 Å². The number of carbonyl (C=O) groups is 2. The van der Waals surface area contributed by atoms with Crippen LogP contribution in [-0.4, -0.2) is 33.2 Å². The number of hydrogen-bond donors (Lipinski definition) is 2. The number of benzene rings is 3. The van der Waals surface area contributed by atoms with Gasteiger partial charge < -0.3 is 29.7 Å². The molecule has 1 aliphatic rings. The van der Waals surface area contributed by atoms with Crippen LogP contribution in [0.3, 0.4) is 0 Å². The molecule has 3 amide bonds. The highest BCUT2D eigenvalue weighted by Gasteiger charge is 2.25. The molecule has 8 nitrogen and oxygen atoms in total. The lowest BCUT2D eigenvalue weighted by Gasteiger charge is -2.16. The minimum absolute atomic E-state index is 0.235. The number of anilines is 3. The number of methoxy groups -OCH3 is 2. The number of urea groups is 1. The van der Waals surface area contributed by atoms with Crippen LogP contribution in [0.15, 0.2) is 60.7 Å². The van der Waals surface area contributed by atoms with E-state index in [4.69, 9.17) is 14.2 Å². The summed E-state index contributed by atoms with van der Waals surface area (Å²) >= 11 is 0. The zero-order valence-corrected chi connectivity index (χ0v) is 17.3. The summed E-state index contributed by atoms with van der Waals surface area (Å²) in [5, 5.41) is 5.46. The van der Waals surface area contributed by atoms with Gasteiger partial charge in [0.05, 0.1) is 25.5 Å². The van der Waals surface area contributed by atoms with E-state index in [2.05, 4.69) is 10.6 Å². The van der Waals surface area contributed by atoms with Crippen molar-refractivity contribution in [2.24, 2.45) is 0 Å². The molecule has 0 fully saturated rings. The van der Waals surface area contributed by atoms with Crippen LogP contribution in [0.1, 0.15) is 10.4 Å². The first-order valence-corrected chi connectivity index (χ1v) is 9.48. The topological polar surface area (TPSA) is 89.1 Å². The second-order valence-electron chi connectivity index (χ2n) is 6.83. The molecule has 0 unspecified atom stereocenters. The fourth-order valence-electron chi connectivity index (χ4n) is 3.27. The third kappa shape index (κ3) is 4.09. The van der Waals surface area contributed by atoms with Crippen molar-refractivity contribution in [1.29, 1.82) is 0 Å². The van der Waals surface area contributed by atoms with Gasteiger partial charge in [0, 0.05) is 36.6 Å². The lowest BCUT2D eigenvalue weighted by Crippen LogP contribution is -2.25. The van der Waals surface area contributed by atoms with Crippen LogP contribution in [-0.2, 0) is 0 Å². The number of carbonyl (C=O) groups excluding carboxylic acids is 2. The molecule has 0 bridgehead atoms. The third-order valence-corrected chi connectivity index (χ3v) is 4.83. The predicted molar refractivity (Wildman–Crippen MR) is 118 cm³/mol. The first kappa shape index (κ1) is 20.1. The number of amides is 3. The Labute approximate surface area is 179 Å². The predicted octanol–water partition coefficient (Wildman–Crippen LogP) is 4.73. The minimum atomic E-state index is -0.478. The Morgan fingerprint density at radius 1 is 0.871 bits per heavy atom. The van der Waals surface area contributed by atoms with Gasteiger partial charge in [-0.1, -0.05) is 12.1 Å². The molecule has 0 spiro atoms. The number of rotatable bonds is 4. The normalized spacial score (nSPS) is 12.1. The lowest BCUT2D eigenvalue weighted by molar-refractivity contribution is 0.0993. The summed E-state index contributed by atoms with van der Waals surface area (Å²) in [6.45, 7) is 0. The van der Waals surface area contributed by atoms with Crippen LogP contribution in [0, 0.1) is 0 Å². The summed E-state index contributed by atoms with van der Waals surface area (Å²) in [7, 11) is 4.74. The van der Waals surface area contributed by atoms with E-state index in [0.29, 0.717) is 45.6 Å². The van der Waals surface area contributed by atoms with Gasteiger partial charge in [0.2, 0.25) is 0 Å². The molecule has 31 heavy (non-hydrogen) atoms. The van der Waals surface area contributed by atoms with Crippen LogP contribution in [0.25, 0.3) is 0 Å². The van der Waals surface area contributed by atoms with E-state index in [1.165, 1.54) is 19.1 Å². The molecule has 2 N–H and O–H groups in total. The molecular weight excluding hydrogens is 398 g/mol. The Morgan fingerprint density at radius 3 is 2.26 bits per heavy atom.